The predicted molar refractivity (Wildman–Crippen MR) is 97.6 cm³/mol. The van der Waals surface area contributed by atoms with Gasteiger partial charge in [0.1, 0.15) is 6.54 Å². The first-order valence-electron chi connectivity index (χ1n) is 8.06. The highest BCUT2D eigenvalue weighted by Gasteiger charge is 2.18. The maximum atomic E-state index is 12.3. The van der Waals surface area contributed by atoms with Crippen LogP contribution in [0.1, 0.15) is 11.1 Å². The van der Waals surface area contributed by atoms with Crippen LogP contribution in [0.2, 0.25) is 0 Å². The molecule has 1 aromatic heterocycles. The molecule has 0 atom stereocenters. The second kappa shape index (κ2) is 7.64. The van der Waals surface area contributed by atoms with Gasteiger partial charge in [0.15, 0.2) is 0 Å². The number of carbonyl (C=O) groups excluding carboxylic acids is 1. The minimum Gasteiger partial charge on any atom is -0.276 e. The highest BCUT2D eigenvalue weighted by atomic mass is 32.2. The maximum Gasteiger partial charge on any atom is 0.258 e. The SMILES string of the molecule is Cc1ccc(S(=O)(=O)NNC(=O)Cn2nnc(-c3ccccc3)n2)c(C)c1. The number of nitrogens with one attached hydrogen (secondary N) is 2. The van der Waals surface area contributed by atoms with E-state index in [2.05, 4.69) is 25.7 Å². The van der Waals surface area contributed by atoms with Gasteiger partial charge in [-0.2, -0.15) is 4.80 Å². The monoisotopic (exact) mass is 386 g/mol. The second-order valence-corrected chi connectivity index (χ2v) is 7.58. The van der Waals surface area contributed by atoms with Crippen LogP contribution < -0.4 is 10.3 Å². The zero-order chi connectivity index (χ0) is 19.4. The molecule has 3 aromatic rings. The molecule has 3 rings (SSSR count). The number of aromatic nitrogens is 4. The molecule has 0 aliphatic rings. The summed E-state index contributed by atoms with van der Waals surface area (Å²) in [6, 6.07) is 14.1. The Balaban J connectivity index is 1.62. The first kappa shape index (κ1) is 18.7. The van der Waals surface area contributed by atoms with Crippen LogP contribution in [0.15, 0.2) is 53.4 Å². The number of benzene rings is 2. The number of nitrogens with zero attached hydrogens (tertiary/aromatic N) is 4. The van der Waals surface area contributed by atoms with Gasteiger partial charge in [-0.15, -0.1) is 15.0 Å². The van der Waals surface area contributed by atoms with Crippen molar-refractivity contribution in [3.8, 4) is 11.4 Å². The van der Waals surface area contributed by atoms with Crippen LogP contribution >= 0.6 is 0 Å². The number of hydrazine groups is 1. The van der Waals surface area contributed by atoms with Crippen LogP contribution in [0.3, 0.4) is 0 Å². The topological polar surface area (TPSA) is 119 Å². The molecule has 0 aliphatic heterocycles. The zero-order valence-electron chi connectivity index (χ0n) is 14.7. The summed E-state index contributed by atoms with van der Waals surface area (Å²) in [6.07, 6.45) is 0. The van der Waals surface area contributed by atoms with Gasteiger partial charge in [0.25, 0.3) is 15.9 Å². The molecule has 10 heteroatoms. The van der Waals surface area contributed by atoms with Gasteiger partial charge in [0, 0.05) is 5.56 Å². The lowest BCUT2D eigenvalue weighted by Gasteiger charge is -2.10. The Hall–Kier alpha value is -3.11. The molecule has 0 unspecified atom stereocenters. The van der Waals surface area contributed by atoms with Crippen LogP contribution in [0, 0.1) is 13.8 Å². The summed E-state index contributed by atoms with van der Waals surface area (Å²) in [5.41, 5.74) is 4.45. The van der Waals surface area contributed by atoms with Crippen molar-refractivity contribution >= 4 is 15.9 Å². The average Bonchev–Trinajstić information content (AvgIpc) is 3.09. The standard InChI is InChI=1S/C17H18N6O3S/c1-12-8-9-15(13(2)10-12)27(25,26)22-18-16(24)11-23-20-17(19-21-23)14-6-4-3-5-7-14/h3-10,22H,11H2,1-2H3,(H,18,24). The molecule has 2 N–H and O–H groups in total. The van der Waals surface area contributed by atoms with Crippen molar-refractivity contribution < 1.29 is 13.2 Å². The van der Waals surface area contributed by atoms with Crippen molar-refractivity contribution in [3.63, 3.8) is 0 Å². The van der Waals surface area contributed by atoms with Crippen LogP contribution in [0.5, 0.6) is 0 Å². The Bertz CT molecular complexity index is 1060. The molecular formula is C17H18N6O3S. The second-order valence-electron chi connectivity index (χ2n) is 5.93. The van der Waals surface area contributed by atoms with Gasteiger partial charge in [-0.05, 0) is 30.7 Å². The van der Waals surface area contributed by atoms with Crippen molar-refractivity contribution in [1.29, 1.82) is 0 Å². The van der Waals surface area contributed by atoms with E-state index in [1.165, 1.54) is 6.07 Å². The van der Waals surface area contributed by atoms with Crippen molar-refractivity contribution in [2.24, 2.45) is 0 Å². The lowest BCUT2D eigenvalue weighted by Crippen LogP contribution is -2.43. The molecule has 9 nitrogen and oxygen atoms in total. The summed E-state index contributed by atoms with van der Waals surface area (Å²) in [4.78, 5) is 15.3. The molecule has 27 heavy (non-hydrogen) atoms. The number of hydrogen-bond donors (Lipinski definition) is 2. The van der Waals surface area contributed by atoms with Crippen molar-refractivity contribution in [2.45, 2.75) is 25.3 Å². The van der Waals surface area contributed by atoms with Gasteiger partial charge in [0.2, 0.25) is 5.82 Å². The fourth-order valence-electron chi connectivity index (χ4n) is 2.46. The summed E-state index contributed by atoms with van der Waals surface area (Å²) in [5.74, 6) is -0.250. The molecule has 140 valence electrons. The number of aryl methyl sites for hydroxylation is 2. The highest BCUT2D eigenvalue weighted by Crippen LogP contribution is 2.15. The smallest absolute Gasteiger partial charge is 0.258 e. The predicted octanol–water partition coefficient (Wildman–Crippen LogP) is 0.967. The van der Waals surface area contributed by atoms with E-state index < -0.39 is 15.9 Å². The Morgan fingerprint density at radius 3 is 2.56 bits per heavy atom. The van der Waals surface area contributed by atoms with Crippen molar-refractivity contribution in [3.05, 3.63) is 59.7 Å². The first-order valence-corrected chi connectivity index (χ1v) is 9.54. The Morgan fingerprint density at radius 1 is 1.11 bits per heavy atom. The minimum atomic E-state index is -3.88. The number of amides is 1. The molecule has 1 amide bonds. The van der Waals surface area contributed by atoms with E-state index in [1.807, 2.05) is 37.3 Å². The molecule has 0 saturated carbocycles. The normalized spacial score (nSPS) is 11.3. The van der Waals surface area contributed by atoms with Gasteiger partial charge < -0.3 is 0 Å². The number of sulfonamides is 1. The van der Waals surface area contributed by atoms with Crippen LogP contribution in [-0.4, -0.2) is 34.5 Å². The van der Waals surface area contributed by atoms with Crippen LogP contribution in [0.25, 0.3) is 11.4 Å². The summed E-state index contributed by atoms with van der Waals surface area (Å²) >= 11 is 0. The van der Waals surface area contributed by atoms with E-state index in [0.717, 1.165) is 15.9 Å². The molecule has 1 heterocycles. The lowest BCUT2D eigenvalue weighted by molar-refractivity contribution is -0.122. The Labute approximate surface area is 156 Å². The van der Waals surface area contributed by atoms with Crippen LogP contribution in [-0.2, 0) is 21.4 Å². The van der Waals surface area contributed by atoms with E-state index in [4.69, 9.17) is 0 Å². The minimum absolute atomic E-state index is 0.0960. The number of carbonyl (C=O) groups is 1. The summed E-state index contributed by atoms with van der Waals surface area (Å²) in [5, 5.41) is 11.8. The fraction of sp³-hybridized carbons (Fsp3) is 0.176. The third-order valence-corrected chi connectivity index (χ3v) is 5.12. The van der Waals surface area contributed by atoms with E-state index in [0.29, 0.717) is 11.4 Å². The molecule has 0 spiro atoms. The van der Waals surface area contributed by atoms with E-state index >= 15 is 0 Å². The summed E-state index contributed by atoms with van der Waals surface area (Å²) in [6.45, 7) is 3.27. The lowest BCUT2D eigenvalue weighted by atomic mass is 10.2. The third kappa shape index (κ3) is 4.54. The fourth-order valence-corrected chi connectivity index (χ4v) is 3.55. The van der Waals surface area contributed by atoms with Crippen LogP contribution in [0.4, 0.5) is 0 Å². The largest absolute Gasteiger partial charge is 0.276 e. The highest BCUT2D eigenvalue weighted by molar-refractivity contribution is 7.89. The van der Waals surface area contributed by atoms with Gasteiger partial charge in [-0.1, -0.05) is 48.0 Å². The number of hydrogen-bond acceptors (Lipinski definition) is 6. The summed E-state index contributed by atoms with van der Waals surface area (Å²) < 4.78 is 24.7. The Morgan fingerprint density at radius 2 is 1.85 bits per heavy atom. The van der Waals surface area contributed by atoms with E-state index in [-0.39, 0.29) is 11.4 Å². The number of rotatable bonds is 6. The van der Waals surface area contributed by atoms with E-state index in [1.54, 1.807) is 19.1 Å². The molecular weight excluding hydrogens is 368 g/mol. The molecule has 0 radical (unpaired) electrons. The van der Waals surface area contributed by atoms with Gasteiger partial charge in [0.05, 0.1) is 4.90 Å². The molecule has 0 aliphatic carbocycles. The quantitative estimate of drug-likeness (QED) is 0.609. The molecule has 0 fully saturated rings. The third-order valence-electron chi connectivity index (χ3n) is 3.71. The first-order chi connectivity index (χ1) is 12.8. The maximum absolute atomic E-state index is 12.3. The van der Waals surface area contributed by atoms with Crippen molar-refractivity contribution in [2.75, 3.05) is 0 Å². The molecule has 0 saturated heterocycles. The molecule has 2 aromatic carbocycles. The Kier molecular flexibility index (Phi) is 5.28. The van der Waals surface area contributed by atoms with Gasteiger partial charge in [-0.25, -0.2) is 8.42 Å². The van der Waals surface area contributed by atoms with Gasteiger partial charge in [-0.3, -0.25) is 10.2 Å². The van der Waals surface area contributed by atoms with Crippen molar-refractivity contribution in [1.82, 2.24) is 30.5 Å². The molecule has 0 bridgehead atoms. The van der Waals surface area contributed by atoms with Gasteiger partial charge >= 0.3 is 0 Å². The number of tetrazole rings is 1. The zero-order valence-corrected chi connectivity index (χ0v) is 15.6. The summed E-state index contributed by atoms with van der Waals surface area (Å²) in [7, 11) is -3.88. The van der Waals surface area contributed by atoms with E-state index in [9.17, 15) is 13.2 Å². The average molecular weight is 386 g/mol.